The third-order valence-corrected chi connectivity index (χ3v) is 3.31. The molecule has 98 valence electrons. The van der Waals surface area contributed by atoms with Crippen LogP contribution in [-0.2, 0) is 4.74 Å². The molecule has 0 spiro atoms. The topological polar surface area (TPSA) is 24.5 Å². The van der Waals surface area contributed by atoms with Gasteiger partial charge in [0.2, 0.25) is 0 Å². The zero-order valence-electron chi connectivity index (χ0n) is 12.0. The first-order valence-corrected chi connectivity index (χ1v) is 6.33. The number of ether oxygens (including phenoxy) is 1. The highest BCUT2D eigenvalue weighted by Crippen LogP contribution is 2.09. The summed E-state index contributed by atoms with van der Waals surface area (Å²) in [6, 6.07) is 0.490. The maximum absolute atomic E-state index is 5.25. The summed E-state index contributed by atoms with van der Waals surface area (Å²) in [6.07, 6.45) is 3.72. The van der Waals surface area contributed by atoms with E-state index in [2.05, 4.69) is 45.1 Å². The first kappa shape index (κ1) is 15.9. The van der Waals surface area contributed by atoms with Gasteiger partial charge in [0.05, 0.1) is 6.61 Å². The molecule has 0 heterocycles. The zero-order chi connectivity index (χ0) is 12.6. The highest BCUT2D eigenvalue weighted by atomic mass is 16.5. The van der Waals surface area contributed by atoms with E-state index < -0.39 is 0 Å². The number of nitrogens with zero attached hydrogens (tertiary/aromatic N) is 1. The number of likely N-dealkylation sites (N-methyl/N-ethyl adjacent to an activating group) is 1. The molecule has 0 bridgehead atoms. The average molecular weight is 230 g/mol. The lowest BCUT2D eigenvalue weighted by atomic mass is 10.0. The maximum Gasteiger partial charge on any atom is 0.0615 e. The van der Waals surface area contributed by atoms with Gasteiger partial charge in [-0.1, -0.05) is 19.8 Å². The molecule has 0 aromatic carbocycles. The largest absolute Gasteiger partial charge is 0.383 e. The van der Waals surface area contributed by atoms with Crippen LogP contribution in [0.3, 0.4) is 0 Å². The number of methoxy groups -OCH3 is 1. The summed E-state index contributed by atoms with van der Waals surface area (Å²) in [5.74, 6) is 0. The number of rotatable bonds is 9. The molecule has 0 aliphatic heterocycles. The molecule has 0 rings (SSSR count). The number of hydrogen-bond acceptors (Lipinski definition) is 3. The predicted molar refractivity (Wildman–Crippen MR) is 71.0 cm³/mol. The second-order valence-electron chi connectivity index (χ2n) is 5.38. The summed E-state index contributed by atoms with van der Waals surface area (Å²) >= 11 is 0. The molecular weight excluding hydrogens is 200 g/mol. The molecule has 0 radical (unpaired) electrons. The van der Waals surface area contributed by atoms with Gasteiger partial charge in [-0.05, 0) is 34.4 Å². The van der Waals surface area contributed by atoms with E-state index in [1.807, 2.05) is 0 Å². The fourth-order valence-corrected chi connectivity index (χ4v) is 1.45. The Bertz CT molecular complexity index is 169. The molecular formula is C13H30N2O. The Balaban J connectivity index is 3.99. The van der Waals surface area contributed by atoms with Gasteiger partial charge < -0.3 is 15.0 Å². The van der Waals surface area contributed by atoms with E-state index in [4.69, 9.17) is 4.74 Å². The second-order valence-corrected chi connectivity index (χ2v) is 5.38. The van der Waals surface area contributed by atoms with Crippen LogP contribution >= 0.6 is 0 Å². The summed E-state index contributed by atoms with van der Waals surface area (Å²) in [5, 5.41) is 3.61. The lowest BCUT2D eigenvalue weighted by molar-refractivity contribution is 0.139. The van der Waals surface area contributed by atoms with Gasteiger partial charge in [-0.2, -0.15) is 0 Å². The molecule has 0 saturated heterocycles. The van der Waals surface area contributed by atoms with Crippen LogP contribution in [0, 0.1) is 0 Å². The lowest BCUT2D eigenvalue weighted by Gasteiger charge is -2.34. The molecule has 3 nitrogen and oxygen atoms in total. The molecule has 0 saturated carbocycles. The van der Waals surface area contributed by atoms with Gasteiger partial charge in [0.1, 0.15) is 0 Å². The van der Waals surface area contributed by atoms with Crippen LogP contribution in [0.5, 0.6) is 0 Å². The standard InChI is InChI=1S/C13H30N2O/c1-7-8-9-12(10-16-6)14-11-13(2,3)15(4)5/h12,14H,7-11H2,1-6H3. The quantitative estimate of drug-likeness (QED) is 0.656. The fourth-order valence-electron chi connectivity index (χ4n) is 1.45. The first-order chi connectivity index (χ1) is 7.44. The van der Waals surface area contributed by atoms with Crippen molar-refractivity contribution in [1.82, 2.24) is 10.2 Å². The van der Waals surface area contributed by atoms with Gasteiger partial charge in [0, 0.05) is 25.2 Å². The summed E-state index contributed by atoms with van der Waals surface area (Å²) < 4.78 is 5.25. The lowest BCUT2D eigenvalue weighted by Crippen LogP contribution is -2.50. The normalized spacial score (nSPS) is 14.4. The van der Waals surface area contributed by atoms with E-state index in [-0.39, 0.29) is 5.54 Å². The van der Waals surface area contributed by atoms with Crippen LogP contribution in [0.25, 0.3) is 0 Å². The van der Waals surface area contributed by atoms with Crippen molar-refractivity contribution in [3.63, 3.8) is 0 Å². The van der Waals surface area contributed by atoms with E-state index in [0.29, 0.717) is 6.04 Å². The summed E-state index contributed by atoms with van der Waals surface area (Å²) in [7, 11) is 6.02. The molecule has 0 aliphatic rings. The Morgan fingerprint density at radius 1 is 1.31 bits per heavy atom. The van der Waals surface area contributed by atoms with Gasteiger partial charge >= 0.3 is 0 Å². The summed E-state index contributed by atoms with van der Waals surface area (Å²) in [6.45, 7) is 8.54. The summed E-state index contributed by atoms with van der Waals surface area (Å²) in [5.41, 5.74) is 0.193. The monoisotopic (exact) mass is 230 g/mol. The van der Waals surface area contributed by atoms with Gasteiger partial charge in [-0.3, -0.25) is 0 Å². The minimum absolute atomic E-state index is 0.193. The van der Waals surface area contributed by atoms with Crippen molar-refractivity contribution < 1.29 is 4.74 Å². The molecule has 0 aromatic rings. The highest BCUT2D eigenvalue weighted by Gasteiger charge is 2.21. The van der Waals surface area contributed by atoms with Crippen LogP contribution in [0.4, 0.5) is 0 Å². The zero-order valence-corrected chi connectivity index (χ0v) is 12.0. The molecule has 0 amide bonds. The van der Waals surface area contributed by atoms with Crippen molar-refractivity contribution in [2.24, 2.45) is 0 Å². The Labute approximate surface area is 102 Å². The van der Waals surface area contributed by atoms with Crippen LogP contribution in [0.15, 0.2) is 0 Å². The molecule has 3 heteroatoms. The van der Waals surface area contributed by atoms with Gasteiger partial charge in [0.15, 0.2) is 0 Å². The Hall–Kier alpha value is -0.120. The van der Waals surface area contributed by atoms with Crippen molar-refractivity contribution in [3.8, 4) is 0 Å². The third kappa shape index (κ3) is 6.46. The van der Waals surface area contributed by atoms with Crippen molar-refractivity contribution in [1.29, 1.82) is 0 Å². The van der Waals surface area contributed by atoms with Crippen molar-refractivity contribution in [2.75, 3.05) is 34.4 Å². The molecule has 16 heavy (non-hydrogen) atoms. The van der Waals surface area contributed by atoms with Gasteiger partial charge in [0.25, 0.3) is 0 Å². The third-order valence-electron chi connectivity index (χ3n) is 3.31. The first-order valence-electron chi connectivity index (χ1n) is 6.33. The molecule has 0 aliphatic carbocycles. The Morgan fingerprint density at radius 2 is 1.94 bits per heavy atom. The average Bonchev–Trinajstić information content (AvgIpc) is 2.22. The van der Waals surface area contributed by atoms with Crippen molar-refractivity contribution in [2.45, 2.75) is 51.6 Å². The maximum atomic E-state index is 5.25. The molecule has 1 N–H and O–H groups in total. The number of unbranched alkanes of at least 4 members (excludes halogenated alkanes) is 1. The van der Waals surface area contributed by atoms with Crippen molar-refractivity contribution in [3.05, 3.63) is 0 Å². The van der Waals surface area contributed by atoms with E-state index in [1.54, 1.807) is 7.11 Å². The minimum atomic E-state index is 0.193. The van der Waals surface area contributed by atoms with E-state index in [0.717, 1.165) is 13.2 Å². The van der Waals surface area contributed by atoms with Crippen LogP contribution < -0.4 is 5.32 Å². The smallest absolute Gasteiger partial charge is 0.0615 e. The molecule has 0 fully saturated rings. The Kier molecular flexibility index (Phi) is 7.98. The van der Waals surface area contributed by atoms with Crippen LogP contribution in [-0.4, -0.2) is 50.8 Å². The van der Waals surface area contributed by atoms with Crippen LogP contribution in [0.2, 0.25) is 0 Å². The highest BCUT2D eigenvalue weighted by molar-refractivity contribution is 4.81. The molecule has 0 aromatic heterocycles. The Morgan fingerprint density at radius 3 is 2.38 bits per heavy atom. The van der Waals surface area contributed by atoms with E-state index >= 15 is 0 Å². The van der Waals surface area contributed by atoms with Gasteiger partial charge in [-0.15, -0.1) is 0 Å². The van der Waals surface area contributed by atoms with Crippen LogP contribution in [0.1, 0.15) is 40.0 Å². The van der Waals surface area contributed by atoms with E-state index in [9.17, 15) is 0 Å². The second kappa shape index (κ2) is 8.04. The van der Waals surface area contributed by atoms with Gasteiger partial charge in [-0.25, -0.2) is 0 Å². The number of nitrogens with one attached hydrogen (secondary N) is 1. The molecule has 1 unspecified atom stereocenters. The fraction of sp³-hybridized carbons (Fsp3) is 1.00. The summed E-state index contributed by atoms with van der Waals surface area (Å²) in [4.78, 5) is 2.25. The minimum Gasteiger partial charge on any atom is -0.383 e. The van der Waals surface area contributed by atoms with Crippen molar-refractivity contribution >= 4 is 0 Å². The van der Waals surface area contributed by atoms with E-state index in [1.165, 1.54) is 19.3 Å². The predicted octanol–water partition coefficient (Wildman–Crippen LogP) is 2.12. The molecule has 1 atom stereocenters. The number of hydrogen-bond donors (Lipinski definition) is 1. The SMILES string of the molecule is CCCCC(COC)NCC(C)(C)N(C)C.